The summed E-state index contributed by atoms with van der Waals surface area (Å²) >= 11 is 1.39. The largest absolute Gasteiger partial charge is 0.347 e. The molecule has 5 N–H and O–H groups in total. The SMILES string of the molecule is CC(C)(C)NC(=O)NCC(=O)N1CCCC1C(=O)NCC(=O)C(=O)NC1CC1.CC(C)C.CCC.O=c1[nH]c(-c2ccccn2)nc2ccsc12. The molecule has 51 heavy (non-hydrogen) atoms. The Bertz CT molecular complexity index is 1640. The lowest BCUT2D eigenvalue weighted by Crippen LogP contribution is -2.52. The molecule has 3 aromatic rings. The van der Waals surface area contributed by atoms with Gasteiger partial charge in [-0.1, -0.05) is 47.1 Å². The van der Waals surface area contributed by atoms with E-state index in [4.69, 9.17) is 0 Å². The van der Waals surface area contributed by atoms with Crippen molar-refractivity contribution in [2.24, 2.45) is 5.92 Å². The first-order valence-corrected chi connectivity index (χ1v) is 18.3. The Morgan fingerprint density at radius 1 is 1.00 bits per heavy atom. The van der Waals surface area contributed by atoms with E-state index < -0.39 is 41.8 Å². The summed E-state index contributed by atoms with van der Waals surface area (Å²) < 4.78 is 0.652. The minimum atomic E-state index is -0.711. The fourth-order valence-corrected chi connectivity index (χ4v) is 5.06. The van der Waals surface area contributed by atoms with Crippen LogP contribution in [0.25, 0.3) is 21.7 Å². The van der Waals surface area contributed by atoms with Crippen LogP contribution in [-0.2, 0) is 19.2 Å². The van der Waals surface area contributed by atoms with Crippen molar-refractivity contribution in [3.05, 3.63) is 46.2 Å². The Balaban J connectivity index is 0.000000326. The van der Waals surface area contributed by atoms with E-state index in [2.05, 4.69) is 70.8 Å². The standard InChI is InChI=1S/C18H29N5O5.C11H7N3OS.C4H10.C3H8/c1-18(2,3)22-17(28)20-10-14(25)23-8-4-5-12(23)15(26)19-9-13(24)16(27)21-11-6-7-11;15-11-9-7(4-6-16-9)13-10(14-11)8-3-1-2-5-12-8;1-4(2)3;1-3-2/h11-12H,4-10H2,1-3H3,(H,19,26)(H,21,27)(H2,20,22,28);1-6H,(H,13,14,15);4H,1-3H3;3H2,1-2H3. The van der Waals surface area contributed by atoms with Crippen molar-refractivity contribution in [3.8, 4) is 11.5 Å². The number of ketones is 1. The summed E-state index contributed by atoms with van der Waals surface area (Å²) in [7, 11) is 0. The molecular formula is C36H54N8O6S. The fraction of sp³-hybridized carbons (Fsp3) is 0.556. The highest BCUT2D eigenvalue weighted by Gasteiger charge is 2.34. The van der Waals surface area contributed by atoms with Gasteiger partial charge in [0.15, 0.2) is 5.82 Å². The van der Waals surface area contributed by atoms with E-state index in [1.54, 1.807) is 6.20 Å². The van der Waals surface area contributed by atoms with Crippen LogP contribution >= 0.6 is 11.3 Å². The van der Waals surface area contributed by atoms with Gasteiger partial charge in [0.2, 0.25) is 17.6 Å². The van der Waals surface area contributed by atoms with Gasteiger partial charge >= 0.3 is 6.03 Å². The lowest BCUT2D eigenvalue weighted by atomic mass is 10.1. The van der Waals surface area contributed by atoms with E-state index in [1.807, 2.05) is 50.4 Å². The Hall–Kier alpha value is -4.66. The van der Waals surface area contributed by atoms with E-state index in [9.17, 15) is 28.8 Å². The number of carbonyl (C=O) groups is 5. The van der Waals surface area contributed by atoms with E-state index in [1.165, 1.54) is 22.7 Å². The summed E-state index contributed by atoms with van der Waals surface area (Å²) in [5.41, 5.74) is 0.851. The van der Waals surface area contributed by atoms with Crippen molar-refractivity contribution in [1.82, 2.24) is 41.1 Å². The average molecular weight is 727 g/mol. The zero-order valence-electron chi connectivity index (χ0n) is 31.1. The van der Waals surface area contributed by atoms with Crippen molar-refractivity contribution in [2.75, 3.05) is 19.6 Å². The van der Waals surface area contributed by atoms with Crippen LogP contribution in [0.4, 0.5) is 4.79 Å². The Labute approximate surface area is 304 Å². The van der Waals surface area contributed by atoms with Gasteiger partial charge in [0.1, 0.15) is 16.4 Å². The first-order valence-electron chi connectivity index (χ1n) is 17.4. The molecule has 5 amide bonds. The van der Waals surface area contributed by atoms with Gasteiger partial charge in [-0.2, -0.15) is 0 Å². The minimum Gasteiger partial charge on any atom is -0.347 e. The topological polar surface area (TPSA) is 195 Å². The number of H-pyrrole nitrogens is 1. The molecular weight excluding hydrogens is 673 g/mol. The number of aromatic nitrogens is 3. The number of Topliss-reactive ketones (excluding diaryl/α,β-unsaturated/α-hetero) is 1. The molecule has 5 rings (SSSR count). The number of rotatable bonds is 8. The summed E-state index contributed by atoms with van der Waals surface area (Å²) in [6.45, 7) is 16.0. The highest BCUT2D eigenvalue weighted by Crippen LogP contribution is 2.19. The second kappa shape index (κ2) is 20.9. The van der Waals surface area contributed by atoms with Gasteiger partial charge in [-0.3, -0.25) is 29.0 Å². The number of hydrogen-bond acceptors (Lipinski definition) is 9. The van der Waals surface area contributed by atoms with E-state index in [0.717, 1.165) is 24.3 Å². The number of nitrogens with zero attached hydrogens (tertiary/aromatic N) is 3. The molecule has 1 atom stereocenters. The molecule has 1 saturated carbocycles. The van der Waals surface area contributed by atoms with Crippen LogP contribution in [0.15, 0.2) is 40.6 Å². The summed E-state index contributed by atoms with van der Waals surface area (Å²) in [6, 6.07) is 6.23. The summed E-state index contributed by atoms with van der Waals surface area (Å²) in [6.07, 6.45) is 5.77. The second-order valence-corrected chi connectivity index (χ2v) is 14.8. The van der Waals surface area contributed by atoms with Crippen LogP contribution in [0.3, 0.4) is 0 Å². The maximum absolute atomic E-state index is 12.4. The van der Waals surface area contributed by atoms with Crippen LogP contribution in [0.5, 0.6) is 0 Å². The van der Waals surface area contributed by atoms with Gasteiger partial charge in [-0.05, 0) is 76.0 Å². The van der Waals surface area contributed by atoms with E-state index in [0.29, 0.717) is 35.6 Å². The molecule has 4 heterocycles. The number of urea groups is 1. The number of amides is 5. The number of hydrogen-bond donors (Lipinski definition) is 5. The van der Waals surface area contributed by atoms with Crippen molar-refractivity contribution in [1.29, 1.82) is 0 Å². The number of likely N-dealkylation sites (tertiary alicyclic amines) is 1. The third-order valence-electron chi connectivity index (χ3n) is 6.58. The Morgan fingerprint density at radius 3 is 2.25 bits per heavy atom. The number of nitrogens with one attached hydrogen (secondary N) is 5. The molecule has 0 spiro atoms. The first-order chi connectivity index (χ1) is 24.1. The first kappa shape index (κ1) is 42.5. The van der Waals surface area contributed by atoms with E-state index >= 15 is 0 Å². The summed E-state index contributed by atoms with van der Waals surface area (Å²) in [5, 5.41) is 12.0. The van der Waals surface area contributed by atoms with Crippen LogP contribution in [0.1, 0.15) is 87.5 Å². The van der Waals surface area contributed by atoms with Gasteiger partial charge in [0.25, 0.3) is 11.5 Å². The zero-order chi connectivity index (χ0) is 38.1. The Kier molecular flexibility index (Phi) is 17.4. The summed E-state index contributed by atoms with van der Waals surface area (Å²) in [4.78, 5) is 84.3. The monoisotopic (exact) mass is 726 g/mol. The summed E-state index contributed by atoms with van der Waals surface area (Å²) in [5.74, 6) is -0.915. The lowest BCUT2D eigenvalue weighted by molar-refractivity contribution is -0.140. The zero-order valence-corrected chi connectivity index (χ0v) is 31.9. The van der Waals surface area contributed by atoms with Gasteiger partial charge in [-0.25, -0.2) is 9.78 Å². The highest BCUT2D eigenvalue weighted by atomic mass is 32.1. The number of aromatic amines is 1. The number of fused-ring (bicyclic) bond motifs is 1. The molecule has 0 bridgehead atoms. The maximum atomic E-state index is 12.4. The predicted molar refractivity (Wildman–Crippen MR) is 200 cm³/mol. The molecule has 1 unspecified atom stereocenters. The number of thiophene rings is 1. The smallest absolute Gasteiger partial charge is 0.315 e. The van der Waals surface area contributed by atoms with Crippen LogP contribution < -0.4 is 26.8 Å². The molecule has 1 saturated heterocycles. The van der Waals surface area contributed by atoms with Crippen molar-refractivity contribution in [3.63, 3.8) is 0 Å². The van der Waals surface area contributed by atoms with Gasteiger partial charge in [-0.15, -0.1) is 11.3 Å². The van der Waals surface area contributed by atoms with Crippen molar-refractivity contribution >= 4 is 51.1 Å². The molecule has 15 heteroatoms. The van der Waals surface area contributed by atoms with Gasteiger partial charge < -0.3 is 31.2 Å². The quantitative estimate of drug-likeness (QED) is 0.213. The second-order valence-electron chi connectivity index (χ2n) is 13.9. The van der Waals surface area contributed by atoms with E-state index in [-0.39, 0.29) is 24.1 Å². The molecule has 1 aliphatic carbocycles. The average Bonchev–Trinajstić information content (AvgIpc) is 3.51. The van der Waals surface area contributed by atoms with Crippen LogP contribution in [0, 0.1) is 5.92 Å². The fourth-order valence-electron chi connectivity index (χ4n) is 4.34. The number of carbonyl (C=O) groups excluding carboxylic acids is 5. The maximum Gasteiger partial charge on any atom is 0.315 e. The molecule has 3 aromatic heterocycles. The van der Waals surface area contributed by atoms with Crippen LogP contribution in [0.2, 0.25) is 0 Å². The molecule has 0 aromatic carbocycles. The third kappa shape index (κ3) is 15.8. The van der Waals surface area contributed by atoms with Gasteiger partial charge in [0.05, 0.1) is 18.6 Å². The van der Waals surface area contributed by atoms with Crippen LogP contribution in [-0.4, -0.2) is 86.6 Å². The Morgan fingerprint density at radius 2 is 1.67 bits per heavy atom. The minimum absolute atomic E-state index is 0.0677. The molecule has 1 aliphatic heterocycles. The van der Waals surface area contributed by atoms with Crippen molar-refractivity contribution in [2.45, 2.75) is 105 Å². The number of pyridine rings is 1. The lowest BCUT2D eigenvalue weighted by Gasteiger charge is -2.25. The highest BCUT2D eigenvalue weighted by molar-refractivity contribution is 7.17. The molecule has 14 nitrogen and oxygen atoms in total. The molecule has 280 valence electrons. The molecule has 0 radical (unpaired) electrons. The van der Waals surface area contributed by atoms with Gasteiger partial charge in [0, 0.05) is 24.3 Å². The third-order valence-corrected chi connectivity index (χ3v) is 7.48. The molecule has 2 fully saturated rings. The predicted octanol–water partition coefficient (Wildman–Crippen LogP) is 4.16. The normalized spacial score (nSPS) is 14.8. The van der Waals surface area contributed by atoms with Crippen molar-refractivity contribution < 1.29 is 24.0 Å². The molecule has 2 aliphatic rings.